The van der Waals surface area contributed by atoms with Gasteiger partial charge in [0.25, 0.3) is 0 Å². The second-order valence-corrected chi connectivity index (χ2v) is 5.66. The van der Waals surface area contributed by atoms with Crippen molar-refractivity contribution in [3.8, 4) is 11.3 Å². The number of nitrogens with zero attached hydrogens (tertiary/aromatic N) is 2. The topological polar surface area (TPSA) is 63.8 Å². The van der Waals surface area contributed by atoms with Crippen LogP contribution in [-0.2, 0) is 0 Å². The third-order valence-corrected chi connectivity index (χ3v) is 3.91. The van der Waals surface area contributed by atoms with E-state index in [0.717, 1.165) is 22.6 Å². The molecule has 0 unspecified atom stereocenters. The van der Waals surface area contributed by atoms with Crippen LogP contribution in [0.15, 0.2) is 24.3 Å². The van der Waals surface area contributed by atoms with E-state index < -0.39 is 0 Å². The molecule has 0 atom stereocenters. The first-order valence-electron chi connectivity index (χ1n) is 6.79. The monoisotopic (exact) mass is 288 g/mol. The maximum Gasteiger partial charge on any atom is 0.222 e. The number of aryl methyl sites for hydroxylation is 1. The van der Waals surface area contributed by atoms with Gasteiger partial charge in [-0.05, 0) is 43.9 Å². The van der Waals surface area contributed by atoms with Crippen LogP contribution in [0.1, 0.15) is 24.8 Å². The minimum atomic E-state index is 0.281. The summed E-state index contributed by atoms with van der Waals surface area (Å²) in [6.45, 7) is 2.03. The number of halogens is 1. The highest BCUT2D eigenvalue weighted by atomic mass is 35.5. The quantitative estimate of drug-likeness (QED) is 0.905. The molecule has 1 heterocycles. The normalized spacial score (nSPS) is 14.9. The fourth-order valence-electron chi connectivity index (χ4n) is 2.31. The number of nitrogen functional groups attached to an aromatic ring is 1. The molecule has 2 aromatic rings. The Bertz CT molecular complexity index is 638. The van der Waals surface area contributed by atoms with Crippen LogP contribution in [0.5, 0.6) is 0 Å². The highest BCUT2D eigenvalue weighted by Crippen LogP contribution is 2.28. The molecule has 0 radical (unpaired) electrons. The Morgan fingerprint density at radius 1 is 1.25 bits per heavy atom. The predicted molar refractivity (Wildman–Crippen MR) is 82.9 cm³/mol. The predicted octanol–water partition coefficient (Wildman–Crippen LogP) is 3.65. The fraction of sp³-hybridized carbons (Fsp3) is 0.333. The van der Waals surface area contributed by atoms with E-state index in [1.165, 1.54) is 19.3 Å². The smallest absolute Gasteiger partial charge is 0.222 e. The van der Waals surface area contributed by atoms with Gasteiger partial charge in [0.15, 0.2) is 0 Å². The Morgan fingerprint density at radius 3 is 2.75 bits per heavy atom. The van der Waals surface area contributed by atoms with E-state index in [0.29, 0.717) is 11.1 Å². The van der Waals surface area contributed by atoms with Gasteiger partial charge >= 0.3 is 0 Å². The number of anilines is 2. The minimum Gasteiger partial charge on any atom is -0.368 e. The molecule has 4 nitrogen and oxygen atoms in total. The van der Waals surface area contributed by atoms with Crippen molar-refractivity contribution in [1.82, 2.24) is 9.97 Å². The first-order valence-corrected chi connectivity index (χ1v) is 7.17. The van der Waals surface area contributed by atoms with Gasteiger partial charge in [-0.15, -0.1) is 0 Å². The zero-order chi connectivity index (χ0) is 14.1. The van der Waals surface area contributed by atoms with Crippen LogP contribution in [0.3, 0.4) is 0 Å². The number of benzene rings is 1. The summed E-state index contributed by atoms with van der Waals surface area (Å²) in [6.07, 6.45) is 3.66. The molecule has 20 heavy (non-hydrogen) atoms. The molecule has 104 valence electrons. The van der Waals surface area contributed by atoms with Crippen LogP contribution in [0.25, 0.3) is 11.3 Å². The largest absolute Gasteiger partial charge is 0.368 e. The number of rotatable bonds is 3. The van der Waals surface area contributed by atoms with Gasteiger partial charge in [0.05, 0.1) is 5.69 Å². The summed E-state index contributed by atoms with van der Waals surface area (Å²) in [5.74, 6) is 1.07. The summed E-state index contributed by atoms with van der Waals surface area (Å²) in [7, 11) is 0. The van der Waals surface area contributed by atoms with Crippen LogP contribution in [-0.4, -0.2) is 16.0 Å². The molecule has 0 spiro atoms. The van der Waals surface area contributed by atoms with Crippen LogP contribution in [0.4, 0.5) is 11.8 Å². The molecule has 3 rings (SSSR count). The van der Waals surface area contributed by atoms with E-state index in [1.54, 1.807) is 0 Å². The molecule has 0 aliphatic heterocycles. The molecule has 0 bridgehead atoms. The van der Waals surface area contributed by atoms with Crippen molar-refractivity contribution < 1.29 is 0 Å². The van der Waals surface area contributed by atoms with E-state index in [1.807, 2.05) is 31.2 Å². The second-order valence-electron chi connectivity index (χ2n) is 5.23. The first-order chi connectivity index (χ1) is 9.61. The van der Waals surface area contributed by atoms with Crippen LogP contribution < -0.4 is 11.1 Å². The first kappa shape index (κ1) is 13.2. The Kier molecular flexibility index (Phi) is 3.49. The lowest BCUT2D eigenvalue weighted by Gasteiger charge is -2.27. The van der Waals surface area contributed by atoms with Crippen molar-refractivity contribution in [3.63, 3.8) is 0 Å². The summed E-state index contributed by atoms with van der Waals surface area (Å²) in [5, 5.41) is 4.09. The number of hydrogen-bond donors (Lipinski definition) is 2. The number of nitrogens with one attached hydrogen (secondary N) is 1. The van der Waals surface area contributed by atoms with Gasteiger partial charge in [-0.2, -0.15) is 4.98 Å². The van der Waals surface area contributed by atoms with Gasteiger partial charge in [-0.3, -0.25) is 0 Å². The highest BCUT2D eigenvalue weighted by Gasteiger charge is 2.18. The fourth-order valence-corrected chi connectivity index (χ4v) is 2.48. The Labute approximate surface area is 123 Å². The number of aromatic nitrogens is 2. The minimum absolute atomic E-state index is 0.281. The lowest BCUT2D eigenvalue weighted by atomic mass is 9.93. The third kappa shape index (κ3) is 2.70. The van der Waals surface area contributed by atoms with Crippen molar-refractivity contribution in [2.75, 3.05) is 11.1 Å². The van der Waals surface area contributed by atoms with Crippen LogP contribution in [0, 0.1) is 6.92 Å². The third-order valence-electron chi connectivity index (χ3n) is 3.68. The van der Waals surface area contributed by atoms with Gasteiger partial charge in [0.1, 0.15) is 5.82 Å². The molecule has 5 heteroatoms. The van der Waals surface area contributed by atoms with E-state index in [-0.39, 0.29) is 5.95 Å². The lowest BCUT2D eigenvalue weighted by molar-refractivity contribution is 0.444. The summed E-state index contributed by atoms with van der Waals surface area (Å²) >= 11 is 6.07. The van der Waals surface area contributed by atoms with E-state index in [2.05, 4.69) is 15.3 Å². The van der Waals surface area contributed by atoms with Gasteiger partial charge in [-0.25, -0.2) is 4.98 Å². The van der Waals surface area contributed by atoms with Crippen LogP contribution in [0.2, 0.25) is 5.02 Å². The molecule has 1 aliphatic carbocycles. The number of hydrogen-bond acceptors (Lipinski definition) is 4. The van der Waals surface area contributed by atoms with Gasteiger partial charge in [0, 0.05) is 22.7 Å². The lowest BCUT2D eigenvalue weighted by Crippen LogP contribution is -2.27. The Morgan fingerprint density at radius 2 is 2.05 bits per heavy atom. The van der Waals surface area contributed by atoms with Gasteiger partial charge < -0.3 is 11.1 Å². The van der Waals surface area contributed by atoms with Crippen molar-refractivity contribution in [3.05, 3.63) is 34.9 Å². The van der Waals surface area contributed by atoms with Crippen LogP contribution >= 0.6 is 11.6 Å². The van der Waals surface area contributed by atoms with Crippen molar-refractivity contribution >= 4 is 23.4 Å². The summed E-state index contributed by atoms with van der Waals surface area (Å²) < 4.78 is 0. The van der Waals surface area contributed by atoms with Crippen molar-refractivity contribution in [1.29, 1.82) is 0 Å². The molecular weight excluding hydrogens is 272 g/mol. The average molecular weight is 289 g/mol. The van der Waals surface area contributed by atoms with Gasteiger partial charge in [0.2, 0.25) is 5.95 Å². The van der Waals surface area contributed by atoms with E-state index in [9.17, 15) is 0 Å². The molecule has 1 aromatic carbocycles. The molecule has 1 aromatic heterocycles. The van der Waals surface area contributed by atoms with E-state index in [4.69, 9.17) is 17.3 Å². The van der Waals surface area contributed by atoms with E-state index >= 15 is 0 Å². The maximum atomic E-state index is 6.07. The van der Waals surface area contributed by atoms with Crippen molar-refractivity contribution in [2.24, 2.45) is 0 Å². The molecule has 1 aliphatic rings. The summed E-state index contributed by atoms with van der Waals surface area (Å²) in [5.41, 5.74) is 8.73. The molecule has 1 saturated carbocycles. The molecule has 3 N–H and O–H groups in total. The average Bonchev–Trinajstić information content (AvgIpc) is 2.36. The SMILES string of the molecule is Cc1ccc(Cl)cc1-c1cc(NC2CCC2)nc(N)n1. The molecular formula is C15H17ClN4. The second kappa shape index (κ2) is 5.29. The van der Waals surface area contributed by atoms with Crippen molar-refractivity contribution in [2.45, 2.75) is 32.2 Å². The Balaban J connectivity index is 1.97. The zero-order valence-electron chi connectivity index (χ0n) is 11.4. The summed E-state index contributed by atoms with van der Waals surface area (Å²) in [6, 6.07) is 8.21. The van der Waals surface area contributed by atoms with Gasteiger partial charge in [-0.1, -0.05) is 17.7 Å². The molecule has 0 amide bonds. The zero-order valence-corrected chi connectivity index (χ0v) is 12.1. The maximum absolute atomic E-state index is 6.07. The molecule has 0 saturated heterocycles. The Hall–Kier alpha value is -1.81. The molecule has 1 fully saturated rings. The standard InChI is InChI=1S/C15H17ClN4/c1-9-5-6-10(16)7-12(9)13-8-14(20-15(17)19-13)18-11-3-2-4-11/h5-8,11H,2-4H2,1H3,(H3,17,18,19,20). The summed E-state index contributed by atoms with van der Waals surface area (Å²) in [4.78, 5) is 8.58. The highest BCUT2D eigenvalue weighted by molar-refractivity contribution is 6.30. The number of nitrogens with two attached hydrogens (primary N) is 1.